The third-order valence-corrected chi connectivity index (χ3v) is 8.00. The highest BCUT2D eigenvalue weighted by atomic mass is 16.2. The van der Waals surface area contributed by atoms with Crippen LogP contribution in [0, 0.1) is 11.3 Å². The SMILES string of the molecule is CN1CCC(Cc2ccccc2)(C(=O)N2CCC[C@@H](Cc3cccc4[nH]ncc34)CC2)CC1. The van der Waals surface area contributed by atoms with Gasteiger partial charge in [-0.3, -0.25) is 9.89 Å². The smallest absolute Gasteiger partial charge is 0.229 e. The Balaban J connectivity index is 1.29. The second-order valence-corrected chi connectivity index (χ2v) is 10.3. The summed E-state index contributed by atoms with van der Waals surface area (Å²) in [5.74, 6) is 1.02. The summed E-state index contributed by atoms with van der Waals surface area (Å²) in [4.78, 5) is 18.6. The Morgan fingerprint density at radius 2 is 1.85 bits per heavy atom. The zero-order valence-electron chi connectivity index (χ0n) is 19.8. The monoisotopic (exact) mass is 444 g/mol. The van der Waals surface area contributed by atoms with Crippen LogP contribution in [0.1, 0.15) is 43.2 Å². The number of benzene rings is 2. The molecule has 3 heterocycles. The summed E-state index contributed by atoms with van der Waals surface area (Å²) in [7, 11) is 2.17. The minimum Gasteiger partial charge on any atom is -0.342 e. The predicted molar refractivity (Wildman–Crippen MR) is 133 cm³/mol. The number of nitrogens with zero attached hydrogens (tertiary/aromatic N) is 3. The number of fused-ring (bicyclic) bond motifs is 1. The molecular formula is C28H36N4O. The number of piperidine rings is 1. The van der Waals surface area contributed by atoms with Gasteiger partial charge in [0.2, 0.25) is 5.91 Å². The van der Waals surface area contributed by atoms with Crippen LogP contribution in [-0.4, -0.2) is 59.1 Å². The summed E-state index contributed by atoms with van der Waals surface area (Å²) in [6.07, 6.45) is 9.17. The van der Waals surface area contributed by atoms with Gasteiger partial charge in [-0.15, -0.1) is 0 Å². The molecule has 3 aromatic rings. The zero-order valence-corrected chi connectivity index (χ0v) is 19.8. The summed E-state index contributed by atoms with van der Waals surface area (Å²) in [5.41, 5.74) is 3.53. The molecule has 0 aliphatic carbocycles. The molecule has 2 fully saturated rings. The van der Waals surface area contributed by atoms with Crippen LogP contribution in [0.2, 0.25) is 0 Å². The maximum atomic E-state index is 14.0. The Bertz CT molecular complexity index is 1070. The van der Waals surface area contributed by atoms with E-state index < -0.39 is 0 Å². The predicted octanol–water partition coefficient (Wildman–Crippen LogP) is 4.69. The lowest BCUT2D eigenvalue weighted by molar-refractivity contribution is -0.145. The Morgan fingerprint density at radius 1 is 1.03 bits per heavy atom. The zero-order chi connectivity index (χ0) is 22.7. The van der Waals surface area contributed by atoms with E-state index >= 15 is 0 Å². The minimum absolute atomic E-state index is 0.254. The van der Waals surface area contributed by atoms with Crippen LogP contribution in [0.5, 0.6) is 0 Å². The van der Waals surface area contributed by atoms with Gasteiger partial charge in [-0.05, 0) is 88.2 Å². The van der Waals surface area contributed by atoms with Crippen molar-refractivity contribution in [1.82, 2.24) is 20.0 Å². The number of rotatable bonds is 5. The quantitative estimate of drug-likeness (QED) is 0.621. The fraction of sp³-hybridized carbons (Fsp3) is 0.500. The highest BCUT2D eigenvalue weighted by molar-refractivity contribution is 5.83. The Hall–Kier alpha value is -2.66. The molecule has 5 rings (SSSR count). The average Bonchev–Trinajstić information content (AvgIpc) is 3.21. The fourth-order valence-corrected chi connectivity index (χ4v) is 5.93. The summed E-state index contributed by atoms with van der Waals surface area (Å²) < 4.78 is 0. The lowest BCUT2D eigenvalue weighted by Crippen LogP contribution is -2.51. The molecule has 2 saturated heterocycles. The average molecular weight is 445 g/mol. The third kappa shape index (κ3) is 4.84. The molecule has 0 saturated carbocycles. The molecule has 174 valence electrons. The van der Waals surface area contributed by atoms with Crippen LogP contribution in [0.25, 0.3) is 10.9 Å². The summed E-state index contributed by atoms with van der Waals surface area (Å²) in [5, 5.41) is 8.55. The van der Waals surface area contributed by atoms with E-state index in [-0.39, 0.29) is 5.41 Å². The standard InChI is InChI=1S/C28H36N4O/c1-31-17-13-28(14-18-31,20-23-7-3-2-4-8-23)27(33)32-15-6-9-22(12-16-32)19-24-10-5-11-26-25(24)21-29-30-26/h2-5,7-8,10-11,21-22H,6,9,12-20H2,1H3,(H,29,30)/t22-/m1/s1. The molecule has 1 atom stereocenters. The molecule has 5 heteroatoms. The van der Waals surface area contributed by atoms with Gasteiger partial charge in [-0.1, -0.05) is 42.5 Å². The number of amides is 1. The van der Waals surface area contributed by atoms with E-state index in [4.69, 9.17) is 0 Å². The molecule has 5 nitrogen and oxygen atoms in total. The van der Waals surface area contributed by atoms with E-state index in [1.165, 1.54) is 22.9 Å². The number of likely N-dealkylation sites (tertiary alicyclic amines) is 2. The van der Waals surface area contributed by atoms with E-state index in [2.05, 4.69) is 75.6 Å². The molecule has 1 aromatic heterocycles. The molecule has 0 bridgehead atoms. The van der Waals surface area contributed by atoms with Crippen LogP contribution in [0.15, 0.2) is 54.7 Å². The molecule has 33 heavy (non-hydrogen) atoms. The van der Waals surface area contributed by atoms with Crippen molar-refractivity contribution in [3.05, 3.63) is 65.9 Å². The van der Waals surface area contributed by atoms with Gasteiger partial charge in [-0.2, -0.15) is 5.10 Å². The lowest BCUT2D eigenvalue weighted by atomic mass is 9.72. The molecule has 2 aliphatic heterocycles. The van der Waals surface area contributed by atoms with E-state index in [9.17, 15) is 4.79 Å². The van der Waals surface area contributed by atoms with Gasteiger partial charge >= 0.3 is 0 Å². The van der Waals surface area contributed by atoms with E-state index in [1.807, 2.05) is 6.20 Å². The largest absolute Gasteiger partial charge is 0.342 e. The van der Waals surface area contributed by atoms with E-state index in [0.29, 0.717) is 11.8 Å². The first-order valence-corrected chi connectivity index (χ1v) is 12.6. The van der Waals surface area contributed by atoms with Crippen LogP contribution in [0.4, 0.5) is 0 Å². The summed E-state index contributed by atoms with van der Waals surface area (Å²) >= 11 is 0. The van der Waals surface area contributed by atoms with Crippen molar-refractivity contribution in [1.29, 1.82) is 0 Å². The van der Waals surface area contributed by atoms with Crippen LogP contribution < -0.4 is 0 Å². The summed E-state index contributed by atoms with van der Waals surface area (Å²) in [6, 6.07) is 17.1. The molecule has 2 aliphatic rings. The van der Waals surface area contributed by atoms with Gasteiger partial charge in [0.1, 0.15) is 0 Å². The molecule has 1 N–H and O–H groups in total. The second kappa shape index (κ2) is 9.68. The minimum atomic E-state index is -0.254. The molecular weight excluding hydrogens is 408 g/mol. The first-order chi connectivity index (χ1) is 16.1. The molecule has 0 spiro atoms. The Kier molecular flexibility index (Phi) is 6.50. The molecule has 0 radical (unpaired) electrons. The van der Waals surface area contributed by atoms with E-state index in [0.717, 1.165) is 70.2 Å². The normalized spacial score (nSPS) is 21.7. The molecule has 1 amide bonds. The topological polar surface area (TPSA) is 52.2 Å². The first kappa shape index (κ1) is 22.1. The number of aromatic nitrogens is 2. The van der Waals surface area contributed by atoms with Crippen molar-refractivity contribution >= 4 is 16.8 Å². The van der Waals surface area contributed by atoms with Gasteiger partial charge in [0.25, 0.3) is 0 Å². The third-order valence-electron chi connectivity index (χ3n) is 8.00. The van der Waals surface area contributed by atoms with Crippen molar-refractivity contribution < 1.29 is 4.79 Å². The maximum Gasteiger partial charge on any atom is 0.229 e. The van der Waals surface area contributed by atoms with Crippen LogP contribution in [0.3, 0.4) is 0 Å². The number of hydrogen-bond donors (Lipinski definition) is 1. The number of H-pyrrole nitrogens is 1. The number of hydrogen-bond acceptors (Lipinski definition) is 3. The molecule has 0 unspecified atom stereocenters. The van der Waals surface area contributed by atoms with E-state index in [1.54, 1.807) is 0 Å². The fourth-order valence-electron chi connectivity index (χ4n) is 5.93. The molecule has 2 aromatic carbocycles. The van der Waals surface area contributed by atoms with Crippen molar-refractivity contribution in [2.24, 2.45) is 11.3 Å². The number of aromatic amines is 1. The maximum absolute atomic E-state index is 14.0. The van der Waals surface area contributed by atoms with Crippen molar-refractivity contribution in [2.75, 3.05) is 33.2 Å². The first-order valence-electron chi connectivity index (χ1n) is 12.6. The van der Waals surface area contributed by atoms with Crippen LogP contribution >= 0.6 is 0 Å². The van der Waals surface area contributed by atoms with Gasteiger partial charge < -0.3 is 9.80 Å². The highest BCUT2D eigenvalue weighted by Gasteiger charge is 2.43. The van der Waals surface area contributed by atoms with Gasteiger partial charge in [0, 0.05) is 18.5 Å². The van der Waals surface area contributed by atoms with Crippen molar-refractivity contribution in [3.8, 4) is 0 Å². The number of carbonyl (C=O) groups excluding carboxylic acids is 1. The lowest BCUT2D eigenvalue weighted by Gasteiger charge is -2.42. The Morgan fingerprint density at radius 3 is 2.67 bits per heavy atom. The van der Waals surface area contributed by atoms with Gasteiger partial charge in [0.15, 0.2) is 0 Å². The second-order valence-electron chi connectivity index (χ2n) is 10.3. The summed E-state index contributed by atoms with van der Waals surface area (Å²) in [6.45, 7) is 3.79. The Labute approximate surface area is 197 Å². The van der Waals surface area contributed by atoms with Crippen LogP contribution in [-0.2, 0) is 17.6 Å². The van der Waals surface area contributed by atoms with Gasteiger partial charge in [-0.25, -0.2) is 0 Å². The number of carbonyl (C=O) groups is 1. The van der Waals surface area contributed by atoms with Gasteiger partial charge in [0.05, 0.1) is 17.1 Å². The highest BCUT2D eigenvalue weighted by Crippen LogP contribution is 2.38. The van der Waals surface area contributed by atoms with Crippen molar-refractivity contribution in [3.63, 3.8) is 0 Å². The number of nitrogens with one attached hydrogen (secondary N) is 1. The van der Waals surface area contributed by atoms with Crippen molar-refractivity contribution in [2.45, 2.75) is 44.9 Å².